The van der Waals surface area contributed by atoms with Gasteiger partial charge in [-0.15, -0.1) is 0 Å². The molecule has 4 aromatic heterocycles. The molecular formula is C21H18N6O2. The van der Waals surface area contributed by atoms with Gasteiger partial charge >= 0.3 is 0 Å². The third-order valence-corrected chi connectivity index (χ3v) is 5.04. The number of H-pyrrole nitrogens is 2. The zero-order valence-electron chi connectivity index (χ0n) is 15.9. The lowest BCUT2D eigenvalue weighted by molar-refractivity contribution is 0.0995. The van der Waals surface area contributed by atoms with Crippen LogP contribution in [0.4, 0.5) is 0 Å². The fraction of sp³-hybridized carbons (Fsp3) is 0.143. The minimum atomic E-state index is -0.616. The topological polar surface area (TPSA) is 126 Å². The maximum Gasteiger partial charge on any atom is 0.270 e. The van der Waals surface area contributed by atoms with Crippen LogP contribution in [0.15, 0.2) is 47.3 Å². The molecule has 5 aromatic rings. The second kappa shape index (κ2) is 6.30. The first-order chi connectivity index (χ1) is 14.0. The van der Waals surface area contributed by atoms with Crippen LogP contribution in [0, 0.1) is 0 Å². The molecule has 144 valence electrons. The molecular weight excluding hydrogens is 368 g/mol. The predicted octanol–water partition coefficient (Wildman–Crippen LogP) is 3.98. The molecule has 4 heterocycles. The van der Waals surface area contributed by atoms with E-state index < -0.39 is 5.91 Å². The molecule has 0 saturated heterocycles. The number of oxazole rings is 1. The summed E-state index contributed by atoms with van der Waals surface area (Å²) in [5.74, 6) is 0.00356. The summed E-state index contributed by atoms with van der Waals surface area (Å²) in [4.78, 5) is 23.4. The lowest BCUT2D eigenvalue weighted by Gasteiger charge is -2.09. The van der Waals surface area contributed by atoms with Crippen molar-refractivity contribution >= 4 is 27.8 Å². The highest BCUT2D eigenvalue weighted by Gasteiger charge is 2.20. The molecule has 1 amide bonds. The normalized spacial score (nSPS) is 11.7. The van der Waals surface area contributed by atoms with Crippen LogP contribution in [0.3, 0.4) is 0 Å². The number of benzene rings is 1. The third-order valence-electron chi connectivity index (χ3n) is 5.04. The van der Waals surface area contributed by atoms with E-state index >= 15 is 0 Å². The third kappa shape index (κ3) is 2.68. The van der Waals surface area contributed by atoms with Gasteiger partial charge in [0.05, 0.1) is 11.9 Å². The fourth-order valence-electron chi connectivity index (χ4n) is 3.75. The van der Waals surface area contributed by atoms with E-state index in [1.807, 2.05) is 24.3 Å². The summed E-state index contributed by atoms with van der Waals surface area (Å²) >= 11 is 0. The van der Waals surface area contributed by atoms with E-state index in [1.165, 1.54) is 11.8 Å². The molecule has 0 saturated carbocycles. The summed E-state index contributed by atoms with van der Waals surface area (Å²) in [6.45, 7) is 4.31. The Balaban J connectivity index is 1.73. The molecule has 0 fully saturated rings. The number of aromatic nitrogens is 5. The highest BCUT2D eigenvalue weighted by Crippen LogP contribution is 2.39. The first kappa shape index (κ1) is 17.2. The van der Waals surface area contributed by atoms with Gasteiger partial charge in [0, 0.05) is 33.6 Å². The summed E-state index contributed by atoms with van der Waals surface area (Å²) in [6.07, 6.45) is 4.84. The number of primary amides is 1. The largest absolute Gasteiger partial charge is 0.444 e. The monoisotopic (exact) mass is 386 g/mol. The molecule has 8 heteroatoms. The molecule has 1 aromatic carbocycles. The zero-order chi connectivity index (χ0) is 20.1. The number of nitrogens with two attached hydrogens (primary N) is 1. The van der Waals surface area contributed by atoms with Crippen molar-refractivity contribution in [3.8, 4) is 22.7 Å². The molecule has 0 atom stereocenters. The van der Waals surface area contributed by atoms with Gasteiger partial charge in [0.25, 0.3) is 5.91 Å². The average molecular weight is 386 g/mol. The Kier molecular flexibility index (Phi) is 3.73. The summed E-state index contributed by atoms with van der Waals surface area (Å²) < 4.78 is 5.46. The number of fused-ring (bicyclic) bond motifs is 2. The van der Waals surface area contributed by atoms with E-state index in [0.29, 0.717) is 5.89 Å². The number of nitrogens with one attached hydrogen (secondary N) is 2. The molecule has 0 aliphatic rings. The van der Waals surface area contributed by atoms with Gasteiger partial charge in [-0.1, -0.05) is 13.8 Å². The van der Waals surface area contributed by atoms with E-state index in [1.54, 1.807) is 12.4 Å². The summed E-state index contributed by atoms with van der Waals surface area (Å²) in [5.41, 5.74) is 11.2. The van der Waals surface area contributed by atoms with E-state index in [-0.39, 0.29) is 11.6 Å². The number of amides is 1. The maximum atomic E-state index is 11.3. The van der Waals surface area contributed by atoms with E-state index in [0.717, 1.165) is 38.8 Å². The molecule has 0 bridgehead atoms. The summed E-state index contributed by atoms with van der Waals surface area (Å²) in [5, 5.41) is 9.07. The van der Waals surface area contributed by atoms with Crippen LogP contribution in [-0.4, -0.2) is 31.1 Å². The van der Waals surface area contributed by atoms with Gasteiger partial charge in [-0.2, -0.15) is 5.10 Å². The molecule has 0 unspecified atom stereocenters. The van der Waals surface area contributed by atoms with Gasteiger partial charge in [0.2, 0.25) is 5.89 Å². The van der Waals surface area contributed by atoms with Crippen molar-refractivity contribution in [2.45, 2.75) is 19.8 Å². The van der Waals surface area contributed by atoms with E-state index in [4.69, 9.17) is 10.2 Å². The first-order valence-electron chi connectivity index (χ1n) is 9.22. The van der Waals surface area contributed by atoms with Gasteiger partial charge in [0.1, 0.15) is 6.26 Å². The Morgan fingerprint density at radius 2 is 2.07 bits per heavy atom. The van der Waals surface area contributed by atoms with Crippen LogP contribution in [0.2, 0.25) is 0 Å². The first-order valence-corrected chi connectivity index (χ1v) is 9.22. The van der Waals surface area contributed by atoms with Crippen molar-refractivity contribution in [2.75, 3.05) is 0 Å². The highest BCUT2D eigenvalue weighted by molar-refractivity contribution is 5.99. The molecule has 0 radical (unpaired) electrons. The van der Waals surface area contributed by atoms with Crippen molar-refractivity contribution in [1.29, 1.82) is 0 Å². The lowest BCUT2D eigenvalue weighted by atomic mass is 9.95. The van der Waals surface area contributed by atoms with Gasteiger partial charge < -0.3 is 15.1 Å². The molecule has 0 aliphatic heterocycles. The Morgan fingerprint density at radius 1 is 1.21 bits per heavy atom. The van der Waals surface area contributed by atoms with Crippen molar-refractivity contribution in [3.63, 3.8) is 0 Å². The molecule has 0 spiro atoms. The molecule has 0 aliphatic carbocycles. The number of hydrogen-bond acceptors (Lipinski definition) is 5. The van der Waals surface area contributed by atoms with Crippen LogP contribution in [-0.2, 0) is 0 Å². The molecule has 5 rings (SSSR count). The zero-order valence-corrected chi connectivity index (χ0v) is 15.9. The molecule has 8 nitrogen and oxygen atoms in total. The van der Waals surface area contributed by atoms with Crippen molar-refractivity contribution in [1.82, 2.24) is 25.1 Å². The smallest absolute Gasteiger partial charge is 0.270 e. The molecule has 29 heavy (non-hydrogen) atoms. The Morgan fingerprint density at radius 3 is 2.83 bits per heavy atom. The fourth-order valence-corrected chi connectivity index (χ4v) is 3.75. The van der Waals surface area contributed by atoms with Gasteiger partial charge in [0.15, 0.2) is 11.3 Å². The Labute approximate surface area is 165 Å². The SMILES string of the molecule is CC(C)c1c(-c2ccnc3[nH]ncc23)[nH]c2ccc(-c3nc(C(N)=O)co3)cc12. The van der Waals surface area contributed by atoms with Crippen LogP contribution in [0.25, 0.3) is 44.6 Å². The second-order valence-corrected chi connectivity index (χ2v) is 7.22. The van der Waals surface area contributed by atoms with E-state index in [2.05, 4.69) is 39.0 Å². The number of hydrogen-bond donors (Lipinski definition) is 3. The standard InChI is InChI=1S/C21H18N6O2/c1-10(2)17-13-7-11(21-26-16(9-29-21)19(22)28)3-4-15(13)25-18(17)12-5-6-23-20-14(12)8-24-27-20/h3-10,25H,1-2H3,(H2,22,28)(H,23,24,27). The lowest BCUT2D eigenvalue weighted by Crippen LogP contribution is -2.10. The number of aromatic amines is 2. The quantitative estimate of drug-likeness (QED) is 0.430. The van der Waals surface area contributed by atoms with Gasteiger partial charge in [-0.25, -0.2) is 9.97 Å². The predicted molar refractivity (Wildman–Crippen MR) is 109 cm³/mol. The van der Waals surface area contributed by atoms with Gasteiger partial charge in [-0.3, -0.25) is 9.89 Å². The average Bonchev–Trinajstić information content (AvgIpc) is 3.43. The Hall–Kier alpha value is -3.94. The minimum Gasteiger partial charge on any atom is -0.444 e. The summed E-state index contributed by atoms with van der Waals surface area (Å²) in [7, 11) is 0. The number of rotatable bonds is 4. The van der Waals surface area contributed by atoms with E-state index in [9.17, 15) is 4.79 Å². The highest BCUT2D eigenvalue weighted by atomic mass is 16.3. The van der Waals surface area contributed by atoms with Crippen LogP contribution >= 0.6 is 0 Å². The number of carbonyl (C=O) groups excluding carboxylic acids is 1. The second-order valence-electron chi connectivity index (χ2n) is 7.22. The number of nitrogens with zero attached hydrogens (tertiary/aromatic N) is 3. The number of carbonyl (C=O) groups is 1. The van der Waals surface area contributed by atoms with Gasteiger partial charge in [-0.05, 0) is 35.7 Å². The minimum absolute atomic E-state index is 0.109. The molecule has 4 N–H and O–H groups in total. The van der Waals surface area contributed by atoms with Crippen LogP contribution < -0.4 is 5.73 Å². The van der Waals surface area contributed by atoms with Crippen LogP contribution in [0.5, 0.6) is 0 Å². The Bertz CT molecular complexity index is 1370. The maximum absolute atomic E-state index is 11.3. The van der Waals surface area contributed by atoms with Crippen LogP contribution in [0.1, 0.15) is 35.8 Å². The van der Waals surface area contributed by atoms with Crippen molar-refractivity contribution in [3.05, 3.63) is 54.2 Å². The van der Waals surface area contributed by atoms with Crippen molar-refractivity contribution < 1.29 is 9.21 Å². The summed E-state index contributed by atoms with van der Waals surface area (Å²) in [6, 6.07) is 7.91. The number of pyridine rings is 1. The van der Waals surface area contributed by atoms with Crippen molar-refractivity contribution in [2.24, 2.45) is 5.73 Å².